The van der Waals surface area contributed by atoms with Gasteiger partial charge in [-0.1, -0.05) is 166 Å². The third kappa shape index (κ3) is 6.91. The Bertz CT molecular complexity index is 2200. The molecule has 1 aliphatic rings. The maximum Gasteiger partial charge on any atom is 0.164 e. The van der Waals surface area contributed by atoms with E-state index in [1.807, 2.05) is 30.3 Å². The summed E-state index contributed by atoms with van der Waals surface area (Å²) in [4.78, 5) is 14.7. The Balaban J connectivity index is 1.16. The monoisotopic (exact) mass is 649 g/mol. The fraction of sp³-hybridized carbons (Fsp3) is 0.170. The molecule has 0 N–H and O–H groups in total. The molecule has 3 heteroatoms. The molecule has 7 rings (SSSR count). The summed E-state index contributed by atoms with van der Waals surface area (Å²) in [5.74, 6) is 2.09. The SMILES string of the molecule is CC/C=C\c1c(C)cccc1-c1cccc(-c2ccc(C(C)(C)c3ccc(-c4nc(C5=CCCC=C5)nc(-c5ccccc5)n4)cc3)cc2)c1. The number of aryl methyl sites for hydroxylation is 1. The molecule has 50 heavy (non-hydrogen) atoms. The normalized spacial score (nSPS) is 13.1. The molecule has 1 heterocycles. The van der Waals surface area contributed by atoms with Crippen LogP contribution in [-0.2, 0) is 5.41 Å². The molecule has 246 valence electrons. The van der Waals surface area contributed by atoms with Gasteiger partial charge in [-0.2, -0.15) is 0 Å². The van der Waals surface area contributed by atoms with Crippen LogP contribution in [0.15, 0.2) is 146 Å². The molecule has 6 aromatic rings. The second-order valence-electron chi connectivity index (χ2n) is 13.5. The number of nitrogens with zero attached hydrogens (tertiary/aromatic N) is 3. The summed E-state index contributed by atoms with van der Waals surface area (Å²) in [6.45, 7) is 8.95. The van der Waals surface area contributed by atoms with Crippen LogP contribution in [0.4, 0.5) is 0 Å². The molecule has 0 bridgehead atoms. The molecular weight excluding hydrogens is 607 g/mol. The van der Waals surface area contributed by atoms with Gasteiger partial charge >= 0.3 is 0 Å². The van der Waals surface area contributed by atoms with E-state index in [2.05, 4.69) is 149 Å². The van der Waals surface area contributed by atoms with Gasteiger partial charge in [0.05, 0.1) is 0 Å². The summed E-state index contributed by atoms with van der Waals surface area (Å²) in [6.07, 6.45) is 14.1. The molecule has 0 unspecified atom stereocenters. The van der Waals surface area contributed by atoms with E-state index in [1.54, 1.807) is 0 Å². The summed E-state index contributed by atoms with van der Waals surface area (Å²) in [5.41, 5.74) is 12.8. The summed E-state index contributed by atoms with van der Waals surface area (Å²) >= 11 is 0. The Morgan fingerprint density at radius 2 is 1.20 bits per heavy atom. The van der Waals surface area contributed by atoms with Gasteiger partial charge < -0.3 is 0 Å². The molecule has 1 aliphatic carbocycles. The van der Waals surface area contributed by atoms with Crippen molar-refractivity contribution in [1.29, 1.82) is 0 Å². The van der Waals surface area contributed by atoms with Crippen molar-refractivity contribution in [2.24, 2.45) is 0 Å². The first-order valence-corrected chi connectivity index (χ1v) is 17.7. The lowest BCUT2D eigenvalue weighted by Crippen LogP contribution is -2.18. The van der Waals surface area contributed by atoms with Crippen LogP contribution in [-0.4, -0.2) is 15.0 Å². The second kappa shape index (κ2) is 14.4. The quantitative estimate of drug-likeness (QED) is 0.156. The van der Waals surface area contributed by atoms with Gasteiger partial charge in [-0.05, 0) is 76.8 Å². The third-order valence-corrected chi connectivity index (χ3v) is 9.74. The first kappa shape index (κ1) is 32.9. The van der Waals surface area contributed by atoms with Crippen LogP contribution in [0.2, 0.25) is 0 Å². The number of hydrogen-bond donors (Lipinski definition) is 0. The Kier molecular flexibility index (Phi) is 9.49. The van der Waals surface area contributed by atoms with E-state index in [9.17, 15) is 0 Å². The Morgan fingerprint density at radius 3 is 1.86 bits per heavy atom. The van der Waals surface area contributed by atoms with Gasteiger partial charge in [0.25, 0.3) is 0 Å². The van der Waals surface area contributed by atoms with Crippen molar-refractivity contribution in [1.82, 2.24) is 15.0 Å². The topological polar surface area (TPSA) is 38.7 Å². The highest BCUT2D eigenvalue weighted by molar-refractivity contribution is 5.80. The summed E-state index contributed by atoms with van der Waals surface area (Å²) in [7, 11) is 0. The first-order valence-electron chi connectivity index (χ1n) is 17.7. The predicted octanol–water partition coefficient (Wildman–Crippen LogP) is 12.3. The van der Waals surface area contributed by atoms with Crippen molar-refractivity contribution in [2.75, 3.05) is 0 Å². The van der Waals surface area contributed by atoms with E-state index in [0.29, 0.717) is 17.5 Å². The van der Waals surface area contributed by atoms with Gasteiger partial charge in [-0.25, -0.2) is 15.0 Å². The molecule has 1 aromatic heterocycles. The number of hydrogen-bond acceptors (Lipinski definition) is 3. The summed E-state index contributed by atoms with van der Waals surface area (Å²) < 4.78 is 0. The van der Waals surface area contributed by atoms with E-state index in [1.165, 1.54) is 44.5 Å². The molecule has 0 aliphatic heterocycles. The lowest BCUT2D eigenvalue weighted by molar-refractivity contribution is 0.641. The highest BCUT2D eigenvalue weighted by Crippen LogP contribution is 2.36. The van der Waals surface area contributed by atoms with E-state index in [-0.39, 0.29) is 5.41 Å². The summed E-state index contributed by atoms with van der Waals surface area (Å²) in [6, 6.07) is 43.4. The minimum absolute atomic E-state index is 0.196. The molecule has 0 saturated carbocycles. The average Bonchev–Trinajstić information content (AvgIpc) is 3.18. The molecule has 0 saturated heterocycles. The molecule has 0 fully saturated rings. The van der Waals surface area contributed by atoms with Gasteiger partial charge in [-0.15, -0.1) is 0 Å². The molecular formula is C47H43N3. The van der Waals surface area contributed by atoms with E-state index in [0.717, 1.165) is 36.0 Å². The van der Waals surface area contributed by atoms with Crippen LogP contribution in [0.1, 0.15) is 68.1 Å². The zero-order valence-electron chi connectivity index (χ0n) is 29.4. The van der Waals surface area contributed by atoms with Crippen LogP contribution >= 0.6 is 0 Å². The molecule has 0 amide bonds. The predicted molar refractivity (Wildman–Crippen MR) is 211 cm³/mol. The maximum absolute atomic E-state index is 4.94. The van der Waals surface area contributed by atoms with Gasteiger partial charge in [0.1, 0.15) is 0 Å². The standard InChI is InChI=1S/C47H43N3/c1-5-6-22-42-33(2)15-13-23-43(42)39-21-14-20-38(32-39)34-24-28-40(29-25-34)47(3,4)41-30-26-37(27-31-41)46-49-44(35-16-9-7-10-17-35)48-45(50-46)36-18-11-8-12-19-36/h6-7,9-11,13-32H,5,8,12H2,1-4H3/b22-6-. The van der Waals surface area contributed by atoms with Crippen LogP contribution in [0, 0.1) is 6.92 Å². The molecule has 0 radical (unpaired) electrons. The number of benzene rings is 5. The summed E-state index contributed by atoms with van der Waals surface area (Å²) in [5, 5.41) is 0. The highest BCUT2D eigenvalue weighted by atomic mass is 15.0. The molecule has 3 nitrogen and oxygen atoms in total. The van der Waals surface area contributed by atoms with Crippen LogP contribution < -0.4 is 0 Å². The van der Waals surface area contributed by atoms with Crippen LogP contribution in [0.3, 0.4) is 0 Å². The van der Waals surface area contributed by atoms with Crippen molar-refractivity contribution in [3.63, 3.8) is 0 Å². The minimum Gasteiger partial charge on any atom is -0.208 e. The Hall–Kier alpha value is -5.67. The third-order valence-electron chi connectivity index (χ3n) is 9.74. The van der Waals surface area contributed by atoms with Crippen molar-refractivity contribution >= 4 is 11.6 Å². The Labute approximate surface area is 296 Å². The first-order chi connectivity index (χ1) is 24.4. The second-order valence-corrected chi connectivity index (χ2v) is 13.5. The molecule has 5 aromatic carbocycles. The van der Waals surface area contributed by atoms with Crippen LogP contribution in [0.5, 0.6) is 0 Å². The van der Waals surface area contributed by atoms with Crippen LogP contribution in [0.25, 0.3) is 56.7 Å². The maximum atomic E-state index is 4.94. The lowest BCUT2D eigenvalue weighted by atomic mass is 9.77. The minimum atomic E-state index is -0.196. The van der Waals surface area contributed by atoms with E-state index in [4.69, 9.17) is 15.0 Å². The fourth-order valence-electron chi connectivity index (χ4n) is 6.67. The Morgan fingerprint density at radius 1 is 0.600 bits per heavy atom. The average molecular weight is 650 g/mol. The molecule has 0 atom stereocenters. The van der Waals surface area contributed by atoms with E-state index < -0.39 is 0 Å². The number of allylic oxidation sites excluding steroid dienone is 5. The zero-order chi connectivity index (χ0) is 34.5. The fourth-order valence-corrected chi connectivity index (χ4v) is 6.67. The van der Waals surface area contributed by atoms with E-state index >= 15 is 0 Å². The van der Waals surface area contributed by atoms with Gasteiger partial charge in [0.15, 0.2) is 17.5 Å². The highest BCUT2D eigenvalue weighted by Gasteiger charge is 2.24. The zero-order valence-corrected chi connectivity index (χ0v) is 29.4. The van der Waals surface area contributed by atoms with Crippen molar-refractivity contribution in [3.8, 4) is 45.0 Å². The smallest absolute Gasteiger partial charge is 0.164 e. The largest absolute Gasteiger partial charge is 0.208 e. The lowest BCUT2D eigenvalue weighted by Gasteiger charge is -2.26. The van der Waals surface area contributed by atoms with Gasteiger partial charge in [0.2, 0.25) is 0 Å². The number of aromatic nitrogens is 3. The van der Waals surface area contributed by atoms with Gasteiger partial charge in [0, 0.05) is 22.1 Å². The number of rotatable bonds is 9. The van der Waals surface area contributed by atoms with Gasteiger partial charge in [-0.3, -0.25) is 0 Å². The van der Waals surface area contributed by atoms with Crippen molar-refractivity contribution < 1.29 is 0 Å². The van der Waals surface area contributed by atoms with Crippen molar-refractivity contribution in [3.05, 3.63) is 174 Å². The van der Waals surface area contributed by atoms with Crippen molar-refractivity contribution in [2.45, 2.75) is 52.4 Å². The molecule has 0 spiro atoms.